The number of carbonyl (C=O) groups excluding carboxylic acids is 1. The van der Waals surface area contributed by atoms with Crippen molar-refractivity contribution in [3.05, 3.63) is 23.3 Å². The molecule has 0 aromatic heterocycles. The van der Waals surface area contributed by atoms with Gasteiger partial charge in [0.25, 0.3) is 0 Å². The molecule has 1 saturated heterocycles. The summed E-state index contributed by atoms with van der Waals surface area (Å²) in [6, 6.07) is 0. The van der Waals surface area contributed by atoms with E-state index in [1.807, 2.05) is 13.0 Å². The Labute approximate surface area is 109 Å². The highest BCUT2D eigenvalue weighted by molar-refractivity contribution is 5.75. The number of hydrogen-bond donors (Lipinski definition) is 1. The molecule has 1 aliphatic carbocycles. The van der Waals surface area contributed by atoms with E-state index in [0.29, 0.717) is 0 Å². The van der Waals surface area contributed by atoms with E-state index in [4.69, 9.17) is 4.74 Å². The molecule has 0 amide bonds. The van der Waals surface area contributed by atoms with Crippen molar-refractivity contribution in [2.75, 3.05) is 6.61 Å². The quantitative estimate of drug-likeness (QED) is 0.575. The number of aliphatic hydroxyl groups excluding tert-OH is 1. The fourth-order valence-corrected chi connectivity index (χ4v) is 2.81. The molecule has 1 N–H and O–H groups in total. The van der Waals surface area contributed by atoms with E-state index in [1.54, 1.807) is 0 Å². The number of rotatable bonds is 1. The monoisotopic (exact) mass is 250 g/mol. The lowest BCUT2D eigenvalue weighted by Gasteiger charge is -2.19. The van der Waals surface area contributed by atoms with Gasteiger partial charge in [0.2, 0.25) is 0 Å². The van der Waals surface area contributed by atoms with Gasteiger partial charge in [0.15, 0.2) is 0 Å². The molecule has 2 aliphatic rings. The van der Waals surface area contributed by atoms with Crippen LogP contribution in [0.25, 0.3) is 0 Å². The average Bonchev–Trinajstić information content (AvgIpc) is 2.61. The van der Waals surface area contributed by atoms with Gasteiger partial charge in [-0.05, 0) is 44.3 Å². The first-order valence-corrected chi connectivity index (χ1v) is 6.78. The molecule has 100 valence electrons. The van der Waals surface area contributed by atoms with Crippen molar-refractivity contribution in [3.8, 4) is 0 Å². The van der Waals surface area contributed by atoms with Gasteiger partial charge in [-0.3, -0.25) is 4.79 Å². The van der Waals surface area contributed by atoms with Crippen LogP contribution >= 0.6 is 0 Å². The Kier molecular flexibility index (Phi) is 4.23. The van der Waals surface area contributed by atoms with Crippen LogP contribution in [0.2, 0.25) is 0 Å². The molecular weight excluding hydrogens is 228 g/mol. The summed E-state index contributed by atoms with van der Waals surface area (Å²) in [5.74, 6) is 0.123. The summed E-state index contributed by atoms with van der Waals surface area (Å²) < 4.78 is 5.43. The van der Waals surface area contributed by atoms with Crippen LogP contribution in [0.1, 0.15) is 39.5 Å². The molecule has 3 nitrogen and oxygen atoms in total. The van der Waals surface area contributed by atoms with Crippen LogP contribution in [-0.4, -0.2) is 23.8 Å². The molecule has 18 heavy (non-hydrogen) atoms. The van der Waals surface area contributed by atoms with E-state index < -0.39 is 0 Å². The van der Waals surface area contributed by atoms with Crippen molar-refractivity contribution in [1.29, 1.82) is 0 Å². The van der Waals surface area contributed by atoms with Crippen molar-refractivity contribution in [1.82, 2.24) is 0 Å². The second-order valence-electron chi connectivity index (χ2n) is 5.46. The maximum atomic E-state index is 11.7. The standard InChI is InChI=1S/C15H22O3/c1-10-4-3-5-12(9-16)8-14-13(7-6-10)11(2)15(17)18-14/h4,8,11,13-14,16H,3,5-7,9H2,1-2H3/b10-4+,12-8-/t11-,13+,14-/m1/s1. The molecule has 2 rings (SSSR count). The largest absolute Gasteiger partial charge is 0.458 e. The molecule has 1 aliphatic heterocycles. The van der Waals surface area contributed by atoms with Crippen molar-refractivity contribution in [2.24, 2.45) is 11.8 Å². The Morgan fingerprint density at radius 3 is 2.94 bits per heavy atom. The first-order valence-electron chi connectivity index (χ1n) is 6.78. The summed E-state index contributed by atoms with van der Waals surface area (Å²) in [7, 11) is 0. The third-order valence-electron chi connectivity index (χ3n) is 4.12. The minimum atomic E-state index is -0.138. The average molecular weight is 250 g/mol. The highest BCUT2D eigenvalue weighted by Gasteiger charge is 2.40. The lowest BCUT2D eigenvalue weighted by molar-refractivity contribution is -0.142. The van der Waals surface area contributed by atoms with E-state index in [-0.39, 0.29) is 30.5 Å². The summed E-state index contributed by atoms with van der Waals surface area (Å²) in [5, 5.41) is 9.36. The normalized spacial score (nSPS) is 39.1. The number of esters is 1. The van der Waals surface area contributed by atoms with Gasteiger partial charge >= 0.3 is 5.97 Å². The van der Waals surface area contributed by atoms with Gasteiger partial charge in [0.1, 0.15) is 6.10 Å². The van der Waals surface area contributed by atoms with Crippen LogP contribution in [0.15, 0.2) is 23.3 Å². The Morgan fingerprint density at radius 1 is 1.44 bits per heavy atom. The second kappa shape index (κ2) is 5.70. The van der Waals surface area contributed by atoms with Gasteiger partial charge in [-0.2, -0.15) is 0 Å². The molecule has 3 heteroatoms. The molecule has 0 saturated carbocycles. The summed E-state index contributed by atoms with van der Waals surface area (Å²) >= 11 is 0. The summed E-state index contributed by atoms with van der Waals surface area (Å²) in [6.07, 6.45) is 7.90. The van der Waals surface area contributed by atoms with E-state index >= 15 is 0 Å². The topological polar surface area (TPSA) is 46.5 Å². The molecule has 1 heterocycles. The number of aliphatic hydroxyl groups is 1. The van der Waals surface area contributed by atoms with Gasteiger partial charge in [-0.1, -0.05) is 18.6 Å². The van der Waals surface area contributed by atoms with Crippen LogP contribution in [0.4, 0.5) is 0 Å². The minimum Gasteiger partial charge on any atom is -0.458 e. The molecule has 0 radical (unpaired) electrons. The van der Waals surface area contributed by atoms with Gasteiger partial charge in [-0.15, -0.1) is 0 Å². The van der Waals surface area contributed by atoms with Crippen LogP contribution in [0.3, 0.4) is 0 Å². The van der Waals surface area contributed by atoms with Crippen LogP contribution in [0, 0.1) is 11.8 Å². The lowest BCUT2D eigenvalue weighted by Crippen LogP contribution is -2.19. The number of fused-ring (bicyclic) bond motifs is 1. The van der Waals surface area contributed by atoms with Gasteiger partial charge in [-0.25, -0.2) is 0 Å². The number of hydrogen-bond acceptors (Lipinski definition) is 3. The van der Waals surface area contributed by atoms with Crippen LogP contribution in [0.5, 0.6) is 0 Å². The molecule has 0 bridgehead atoms. The van der Waals surface area contributed by atoms with E-state index in [9.17, 15) is 9.90 Å². The Bertz CT molecular complexity index is 381. The number of ether oxygens (including phenoxy) is 1. The minimum absolute atomic E-state index is 0.0292. The van der Waals surface area contributed by atoms with Crippen molar-refractivity contribution < 1.29 is 14.6 Å². The van der Waals surface area contributed by atoms with Gasteiger partial charge in [0.05, 0.1) is 12.5 Å². The molecule has 3 atom stereocenters. The molecule has 1 fully saturated rings. The van der Waals surface area contributed by atoms with Crippen LogP contribution < -0.4 is 0 Å². The maximum Gasteiger partial charge on any atom is 0.309 e. The van der Waals surface area contributed by atoms with E-state index in [0.717, 1.165) is 31.3 Å². The highest BCUT2D eigenvalue weighted by Crippen LogP contribution is 2.35. The summed E-state index contributed by atoms with van der Waals surface area (Å²) in [4.78, 5) is 11.7. The Morgan fingerprint density at radius 2 is 2.22 bits per heavy atom. The second-order valence-corrected chi connectivity index (χ2v) is 5.46. The third kappa shape index (κ3) is 2.83. The highest BCUT2D eigenvalue weighted by atomic mass is 16.6. The smallest absolute Gasteiger partial charge is 0.309 e. The zero-order valence-corrected chi connectivity index (χ0v) is 11.2. The van der Waals surface area contributed by atoms with Crippen LogP contribution in [-0.2, 0) is 9.53 Å². The zero-order valence-electron chi connectivity index (χ0n) is 11.2. The summed E-state index contributed by atoms with van der Waals surface area (Å²) in [6.45, 7) is 4.15. The number of allylic oxidation sites excluding steroid dienone is 2. The molecule has 0 aromatic carbocycles. The maximum absolute atomic E-state index is 11.7. The fraction of sp³-hybridized carbons (Fsp3) is 0.667. The van der Waals surface area contributed by atoms with Crippen molar-refractivity contribution >= 4 is 5.97 Å². The fourth-order valence-electron chi connectivity index (χ4n) is 2.81. The first kappa shape index (κ1) is 13.3. The SMILES string of the molecule is C/C1=C\CC/C(CO)=C/[C@H]2OC(=O)[C@H](C)[C@@H]2CC1. The molecule has 0 spiro atoms. The van der Waals surface area contributed by atoms with Crippen molar-refractivity contribution in [3.63, 3.8) is 0 Å². The Balaban J connectivity index is 2.23. The lowest BCUT2D eigenvalue weighted by atomic mass is 9.85. The van der Waals surface area contributed by atoms with E-state index in [2.05, 4.69) is 13.0 Å². The predicted octanol–water partition coefficient (Wildman–Crippen LogP) is 2.60. The first-order chi connectivity index (χ1) is 8.61. The summed E-state index contributed by atoms with van der Waals surface area (Å²) in [5.41, 5.74) is 2.36. The Hall–Kier alpha value is -1.09. The van der Waals surface area contributed by atoms with Crippen molar-refractivity contribution in [2.45, 2.75) is 45.6 Å². The van der Waals surface area contributed by atoms with Gasteiger partial charge in [0, 0.05) is 5.92 Å². The molecule has 0 unspecified atom stereocenters. The molecular formula is C15H22O3. The zero-order chi connectivity index (χ0) is 13.1. The van der Waals surface area contributed by atoms with Gasteiger partial charge < -0.3 is 9.84 Å². The molecule has 0 aromatic rings. The number of carbonyl (C=O) groups is 1. The van der Waals surface area contributed by atoms with E-state index in [1.165, 1.54) is 5.57 Å². The third-order valence-corrected chi connectivity index (χ3v) is 4.12. The predicted molar refractivity (Wildman–Crippen MR) is 69.9 cm³/mol.